The van der Waals surface area contributed by atoms with E-state index < -0.39 is 35.0 Å². The van der Waals surface area contributed by atoms with Gasteiger partial charge in [-0.25, -0.2) is 19.0 Å². The molecule has 2 heterocycles. The van der Waals surface area contributed by atoms with Crippen LogP contribution in [0.25, 0.3) is 5.69 Å². The van der Waals surface area contributed by atoms with Gasteiger partial charge in [-0.05, 0) is 32.9 Å². The first-order chi connectivity index (χ1) is 13.5. The lowest BCUT2D eigenvalue weighted by molar-refractivity contribution is -0.143. The summed E-state index contributed by atoms with van der Waals surface area (Å²) in [7, 11) is 2.74. The van der Waals surface area contributed by atoms with Gasteiger partial charge in [0.2, 0.25) is 0 Å². The number of carbonyl (C=O) groups is 2. The number of alkyl carbamates (subject to hydrolysis) is 1. The quantitative estimate of drug-likeness (QED) is 0.722. The van der Waals surface area contributed by atoms with E-state index in [-0.39, 0.29) is 12.1 Å². The SMILES string of the molecule is COC(=O)[C@H](Cc1ccc(-n2c(=O)ccn(C)c2=O)cn1)NC(=O)OC(C)(C)C. The topological polar surface area (TPSA) is 122 Å². The van der Waals surface area contributed by atoms with E-state index in [1.54, 1.807) is 26.8 Å². The molecule has 2 rings (SSSR count). The van der Waals surface area contributed by atoms with Crippen molar-refractivity contribution in [2.45, 2.75) is 38.8 Å². The van der Waals surface area contributed by atoms with Crippen molar-refractivity contribution in [3.63, 3.8) is 0 Å². The largest absolute Gasteiger partial charge is 0.467 e. The minimum absolute atomic E-state index is 0.0356. The van der Waals surface area contributed by atoms with Crippen molar-refractivity contribution >= 4 is 12.1 Å². The molecule has 1 amide bonds. The Kier molecular flexibility index (Phi) is 6.57. The minimum atomic E-state index is -1.01. The molecule has 10 nitrogen and oxygen atoms in total. The van der Waals surface area contributed by atoms with Gasteiger partial charge in [0.15, 0.2) is 0 Å². The molecule has 2 aromatic heterocycles. The zero-order chi connectivity index (χ0) is 21.8. The van der Waals surface area contributed by atoms with Gasteiger partial charge >= 0.3 is 17.8 Å². The summed E-state index contributed by atoms with van der Waals surface area (Å²) in [6.07, 6.45) is 2.00. The third kappa shape index (κ3) is 5.77. The van der Waals surface area contributed by atoms with Crippen LogP contribution in [0.4, 0.5) is 4.79 Å². The Morgan fingerprint density at radius 2 is 1.90 bits per heavy atom. The average molecular weight is 404 g/mol. The monoisotopic (exact) mass is 404 g/mol. The second-order valence-corrected chi connectivity index (χ2v) is 7.32. The Bertz CT molecular complexity index is 1000. The van der Waals surface area contributed by atoms with E-state index in [1.807, 2.05) is 0 Å². The Hall–Kier alpha value is -3.43. The van der Waals surface area contributed by atoms with Gasteiger partial charge < -0.3 is 19.4 Å². The van der Waals surface area contributed by atoms with Gasteiger partial charge in [-0.15, -0.1) is 0 Å². The highest BCUT2D eigenvalue weighted by Crippen LogP contribution is 2.09. The predicted molar refractivity (Wildman–Crippen MR) is 104 cm³/mol. The summed E-state index contributed by atoms with van der Waals surface area (Å²) in [5.41, 5.74) is -0.983. The molecule has 0 unspecified atom stereocenters. The van der Waals surface area contributed by atoms with Crippen molar-refractivity contribution in [1.82, 2.24) is 19.4 Å². The van der Waals surface area contributed by atoms with Crippen molar-refractivity contribution in [2.75, 3.05) is 7.11 Å². The third-order valence-electron chi connectivity index (χ3n) is 3.81. The maximum absolute atomic E-state index is 12.2. The zero-order valence-electron chi connectivity index (χ0n) is 17.0. The molecule has 0 saturated heterocycles. The number of methoxy groups -OCH3 is 1. The van der Waals surface area contributed by atoms with Crippen LogP contribution >= 0.6 is 0 Å². The van der Waals surface area contributed by atoms with E-state index in [9.17, 15) is 19.2 Å². The van der Waals surface area contributed by atoms with E-state index in [1.165, 1.54) is 43.3 Å². The molecule has 1 atom stereocenters. The number of hydrogen-bond donors (Lipinski definition) is 1. The molecular formula is C19H24N4O6. The molecule has 0 fully saturated rings. The van der Waals surface area contributed by atoms with Crippen LogP contribution < -0.4 is 16.6 Å². The van der Waals surface area contributed by atoms with Crippen LogP contribution in [-0.2, 0) is 27.7 Å². The number of aromatic nitrogens is 3. The summed E-state index contributed by atoms with van der Waals surface area (Å²) in [5, 5.41) is 2.46. The molecule has 1 N–H and O–H groups in total. The predicted octanol–water partition coefficient (Wildman–Crippen LogP) is 0.540. The van der Waals surface area contributed by atoms with Gasteiger partial charge in [0.05, 0.1) is 19.0 Å². The Labute approximate surface area is 167 Å². The highest BCUT2D eigenvalue weighted by atomic mass is 16.6. The van der Waals surface area contributed by atoms with Gasteiger partial charge in [0, 0.05) is 31.4 Å². The van der Waals surface area contributed by atoms with Gasteiger partial charge in [0.25, 0.3) is 5.56 Å². The number of aryl methyl sites for hydroxylation is 1. The van der Waals surface area contributed by atoms with Gasteiger partial charge in [-0.2, -0.15) is 0 Å². The van der Waals surface area contributed by atoms with E-state index in [2.05, 4.69) is 10.3 Å². The van der Waals surface area contributed by atoms with Crippen molar-refractivity contribution in [3.05, 3.63) is 57.1 Å². The van der Waals surface area contributed by atoms with Crippen LogP contribution in [-0.4, -0.2) is 44.9 Å². The minimum Gasteiger partial charge on any atom is -0.467 e. The summed E-state index contributed by atoms with van der Waals surface area (Å²) < 4.78 is 12.1. The molecule has 2 aromatic rings. The molecular weight excluding hydrogens is 380 g/mol. The molecule has 10 heteroatoms. The first-order valence-corrected chi connectivity index (χ1v) is 8.83. The van der Waals surface area contributed by atoms with Gasteiger partial charge in [-0.3, -0.25) is 9.78 Å². The van der Waals surface area contributed by atoms with Gasteiger partial charge in [0.1, 0.15) is 11.6 Å². The lowest BCUT2D eigenvalue weighted by atomic mass is 10.1. The lowest BCUT2D eigenvalue weighted by Crippen LogP contribution is -2.45. The fourth-order valence-corrected chi connectivity index (χ4v) is 2.47. The molecule has 29 heavy (non-hydrogen) atoms. The number of carbonyl (C=O) groups excluding carboxylic acids is 2. The number of nitrogens with one attached hydrogen (secondary N) is 1. The number of amides is 1. The molecule has 0 aliphatic heterocycles. The Balaban J connectivity index is 2.22. The highest BCUT2D eigenvalue weighted by Gasteiger charge is 2.25. The molecule has 0 aromatic carbocycles. The molecule has 156 valence electrons. The number of hydrogen-bond acceptors (Lipinski definition) is 7. The summed E-state index contributed by atoms with van der Waals surface area (Å²) in [6.45, 7) is 5.11. The van der Waals surface area contributed by atoms with Crippen molar-refractivity contribution in [3.8, 4) is 5.69 Å². The van der Waals surface area contributed by atoms with Crippen LogP contribution in [0.3, 0.4) is 0 Å². The van der Waals surface area contributed by atoms with Crippen molar-refractivity contribution < 1.29 is 19.1 Å². The first-order valence-electron chi connectivity index (χ1n) is 8.83. The normalized spacial score (nSPS) is 12.2. The van der Waals surface area contributed by atoms with Crippen LogP contribution in [0, 0.1) is 0 Å². The summed E-state index contributed by atoms with van der Waals surface area (Å²) in [6, 6.07) is 3.35. The van der Waals surface area contributed by atoms with Crippen LogP contribution in [0.15, 0.2) is 40.2 Å². The van der Waals surface area contributed by atoms with E-state index in [0.29, 0.717) is 5.69 Å². The van der Waals surface area contributed by atoms with E-state index in [0.717, 1.165) is 4.57 Å². The van der Waals surface area contributed by atoms with E-state index in [4.69, 9.17) is 9.47 Å². The fraction of sp³-hybridized carbons (Fsp3) is 0.421. The second kappa shape index (κ2) is 8.72. The molecule has 0 aliphatic carbocycles. The fourth-order valence-electron chi connectivity index (χ4n) is 2.47. The number of nitrogens with zero attached hydrogens (tertiary/aromatic N) is 3. The molecule has 0 bridgehead atoms. The van der Waals surface area contributed by atoms with Gasteiger partial charge in [-0.1, -0.05) is 0 Å². The summed E-state index contributed by atoms with van der Waals surface area (Å²) >= 11 is 0. The highest BCUT2D eigenvalue weighted by molar-refractivity contribution is 5.81. The number of esters is 1. The number of ether oxygens (including phenoxy) is 2. The maximum Gasteiger partial charge on any atom is 0.408 e. The zero-order valence-corrected chi connectivity index (χ0v) is 17.0. The molecule has 0 radical (unpaired) electrons. The third-order valence-corrected chi connectivity index (χ3v) is 3.81. The summed E-state index contributed by atoms with van der Waals surface area (Å²) in [4.78, 5) is 52.4. The molecule has 0 saturated carbocycles. The summed E-state index contributed by atoms with van der Waals surface area (Å²) in [5.74, 6) is -0.658. The smallest absolute Gasteiger partial charge is 0.408 e. The average Bonchev–Trinajstić information content (AvgIpc) is 2.63. The Morgan fingerprint density at radius 1 is 1.21 bits per heavy atom. The van der Waals surface area contributed by atoms with Crippen LogP contribution in [0.2, 0.25) is 0 Å². The molecule has 0 aliphatic rings. The first kappa shape index (κ1) is 21.9. The molecule has 0 spiro atoms. The van der Waals surface area contributed by atoms with Crippen molar-refractivity contribution in [2.24, 2.45) is 7.05 Å². The number of pyridine rings is 1. The van der Waals surface area contributed by atoms with Crippen LogP contribution in [0.5, 0.6) is 0 Å². The van der Waals surface area contributed by atoms with E-state index >= 15 is 0 Å². The van der Waals surface area contributed by atoms with Crippen LogP contribution in [0.1, 0.15) is 26.5 Å². The Morgan fingerprint density at radius 3 is 2.45 bits per heavy atom. The van der Waals surface area contributed by atoms with Crippen molar-refractivity contribution in [1.29, 1.82) is 0 Å². The maximum atomic E-state index is 12.2. The standard InChI is InChI=1S/C19H24N4O6/c1-19(2,3)29-17(26)21-14(16(25)28-5)10-12-6-7-13(11-20-12)23-15(24)8-9-22(4)18(23)27/h6-9,11,14H,10H2,1-5H3,(H,21,26)/t14-/m0/s1. The number of rotatable bonds is 5. The lowest BCUT2D eigenvalue weighted by Gasteiger charge is -2.22. The second-order valence-electron chi connectivity index (χ2n) is 7.32.